The number of aliphatic hydroxyl groups excluding tert-OH is 2. The van der Waals surface area contributed by atoms with Crippen molar-refractivity contribution >= 4 is 17.5 Å². The summed E-state index contributed by atoms with van der Waals surface area (Å²) in [6.45, 7) is 4.88. The van der Waals surface area contributed by atoms with Crippen molar-refractivity contribution in [2.24, 2.45) is 0 Å². The van der Waals surface area contributed by atoms with Gasteiger partial charge in [0.25, 0.3) is 5.56 Å². The van der Waals surface area contributed by atoms with Crippen molar-refractivity contribution in [1.82, 2.24) is 9.97 Å². The number of aromatic nitrogens is 2. The lowest BCUT2D eigenvalue weighted by molar-refractivity contribution is -0.0622. The number of likely N-dealkylation sites (N-methyl/N-ethyl adjacent to an activating group) is 1. The molecule has 1 aromatic heterocycles. The van der Waals surface area contributed by atoms with Crippen molar-refractivity contribution in [3.05, 3.63) is 10.4 Å². The van der Waals surface area contributed by atoms with Gasteiger partial charge in [0.15, 0.2) is 12.0 Å². The maximum absolute atomic E-state index is 11.6. The fourth-order valence-electron chi connectivity index (χ4n) is 2.39. The molecule has 1 saturated heterocycles. The monoisotopic (exact) mass is 331 g/mol. The minimum Gasteiger partial charge on any atom is -0.394 e. The number of ether oxygens (including phenoxy) is 1. The highest BCUT2D eigenvalue weighted by molar-refractivity contribution is 5.63. The molecule has 1 aromatic rings. The quantitative estimate of drug-likeness (QED) is 0.375. The van der Waals surface area contributed by atoms with Crippen LogP contribution in [0.15, 0.2) is 4.79 Å². The predicted molar refractivity (Wildman–Crippen MR) is 85.8 cm³/mol. The molecule has 4 atom stereocenters. The molecule has 0 bridgehead atoms. The van der Waals surface area contributed by atoms with Crippen molar-refractivity contribution in [1.29, 1.82) is 0 Å². The van der Waals surface area contributed by atoms with Crippen LogP contribution in [0.25, 0.3) is 0 Å². The number of anilines is 3. The number of nitrogens with zero attached hydrogens (tertiary/aromatic N) is 2. The number of aliphatic hydroxyl groups is 3. The van der Waals surface area contributed by atoms with Gasteiger partial charge >= 0.3 is 0 Å². The smallest absolute Gasteiger partial charge is 0.277 e. The zero-order valence-electron chi connectivity index (χ0n) is 13.6. The molecule has 0 spiro atoms. The van der Waals surface area contributed by atoms with E-state index in [4.69, 9.17) is 21.3 Å². The second kappa shape index (κ2) is 7.13. The molecule has 2 rings (SSSR count). The van der Waals surface area contributed by atoms with E-state index < -0.39 is 36.2 Å². The highest BCUT2D eigenvalue weighted by atomic mass is 16.6. The number of nitrogens with two attached hydrogens (primary N) is 2. The van der Waals surface area contributed by atoms with E-state index in [9.17, 15) is 15.0 Å². The number of hydrogen-bond donors (Lipinski definition) is 6. The van der Waals surface area contributed by atoms with Gasteiger partial charge in [0, 0.05) is 7.05 Å². The van der Waals surface area contributed by atoms with E-state index in [0.717, 1.165) is 0 Å². The van der Waals surface area contributed by atoms with E-state index in [1.807, 2.05) is 13.8 Å². The molecular formula is C13H25N5O5. The van der Waals surface area contributed by atoms with E-state index in [2.05, 4.69) is 9.97 Å². The van der Waals surface area contributed by atoms with Crippen LogP contribution in [0.4, 0.5) is 17.5 Å². The second-order valence-corrected chi connectivity index (χ2v) is 5.18. The van der Waals surface area contributed by atoms with Crippen LogP contribution < -0.4 is 21.9 Å². The van der Waals surface area contributed by atoms with Crippen molar-refractivity contribution in [2.75, 3.05) is 30.0 Å². The van der Waals surface area contributed by atoms with Crippen LogP contribution in [-0.4, -0.2) is 63.0 Å². The van der Waals surface area contributed by atoms with Crippen molar-refractivity contribution in [3.8, 4) is 0 Å². The summed E-state index contributed by atoms with van der Waals surface area (Å²) in [6.07, 6.45) is -3.34. The second-order valence-electron chi connectivity index (χ2n) is 5.18. The third-order valence-corrected chi connectivity index (χ3v) is 3.57. The molecule has 0 aromatic carbocycles. The minimum absolute atomic E-state index is 0.00677. The summed E-state index contributed by atoms with van der Waals surface area (Å²) in [5, 5.41) is 29.5. The number of aromatic amines is 1. The lowest BCUT2D eigenvalue weighted by Gasteiger charge is -2.34. The Morgan fingerprint density at radius 2 is 2.00 bits per heavy atom. The molecule has 132 valence electrons. The molecule has 2 heterocycles. The average Bonchev–Trinajstić information content (AvgIpc) is 2.75. The Morgan fingerprint density at radius 3 is 2.48 bits per heavy atom. The number of nitrogen functional groups attached to an aromatic ring is 2. The summed E-state index contributed by atoms with van der Waals surface area (Å²) in [5.41, 5.74) is 8.60. The fourth-order valence-corrected chi connectivity index (χ4v) is 2.39. The molecule has 0 radical (unpaired) electrons. The molecule has 0 amide bonds. The summed E-state index contributed by atoms with van der Waals surface area (Å²) in [5.74, 6) is -0.139. The lowest BCUT2D eigenvalue weighted by Crippen LogP contribution is -2.52. The standard InChI is InChI=1S/C11H19N5O5.C2H6/c1-11(20)6(18)4(3-17)21-9(11)16(2)7-5(12)8(19)15-10(13)14-7;1-2/h4,6,9,17-18,20H,3,12H2,1-2H3,(H3,13,14,15,19);1-2H3. The predicted octanol–water partition coefficient (Wildman–Crippen LogP) is -1.77. The van der Waals surface area contributed by atoms with Gasteiger partial charge in [0.1, 0.15) is 23.5 Å². The zero-order chi connectivity index (χ0) is 17.9. The van der Waals surface area contributed by atoms with Crippen LogP contribution in [-0.2, 0) is 4.74 Å². The Labute approximate surface area is 133 Å². The summed E-state index contributed by atoms with van der Waals surface area (Å²) < 4.78 is 5.42. The molecule has 1 aliphatic heterocycles. The van der Waals surface area contributed by atoms with Crippen LogP contribution in [0.1, 0.15) is 20.8 Å². The van der Waals surface area contributed by atoms with Crippen LogP contribution in [0.3, 0.4) is 0 Å². The van der Waals surface area contributed by atoms with Gasteiger partial charge in [-0.15, -0.1) is 0 Å². The lowest BCUT2D eigenvalue weighted by atomic mass is 9.96. The van der Waals surface area contributed by atoms with E-state index in [-0.39, 0.29) is 17.5 Å². The molecule has 23 heavy (non-hydrogen) atoms. The molecule has 10 nitrogen and oxygen atoms in total. The molecule has 1 aliphatic rings. The van der Waals surface area contributed by atoms with E-state index in [0.29, 0.717) is 0 Å². The van der Waals surface area contributed by atoms with Gasteiger partial charge in [-0.2, -0.15) is 4.98 Å². The molecule has 0 aliphatic carbocycles. The normalized spacial score (nSPS) is 29.8. The molecule has 10 heteroatoms. The van der Waals surface area contributed by atoms with Crippen molar-refractivity contribution in [3.63, 3.8) is 0 Å². The SMILES string of the molecule is CC.CN(c1nc(N)[nH]c(=O)c1N)C1OC(CO)C(O)C1(C)O. The van der Waals surface area contributed by atoms with Gasteiger partial charge in [-0.3, -0.25) is 9.78 Å². The fraction of sp³-hybridized carbons (Fsp3) is 0.692. The van der Waals surface area contributed by atoms with Gasteiger partial charge in [-0.05, 0) is 6.92 Å². The Morgan fingerprint density at radius 1 is 1.43 bits per heavy atom. The summed E-state index contributed by atoms with van der Waals surface area (Å²) >= 11 is 0. The number of nitrogens with one attached hydrogen (secondary N) is 1. The van der Waals surface area contributed by atoms with Gasteiger partial charge in [-0.1, -0.05) is 13.8 Å². The van der Waals surface area contributed by atoms with Crippen LogP contribution in [0, 0.1) is 0 Å². The third-order valence-electron chi connectivity index (χ3n) is 3.57. The van der Waals surface area contributed by atoms with Gasteiger partial charge in [-0.25, -0.2) is 0 Å². The highest BCUT2D eigenvalue weighted by Crippen LogP contribution is 2.34. The Bertz CT molecular complexity index is 591. The maximum atomic E-state index is 11.6. The first-order valence-electron chi connectivity index (χ1n) is 7.25. The summed E-state index contributed by atoms with van der Waals surface area (Å²) in [4.78, 5) is 19.0. The Balaban J connectivity index is 0.00000127. The van der Waals surface area contributed by atoms with E-state index >= 15 is 0 Å². The molecule has 1 fully saturated rings. The number of rotatable bonds is 3. The first-order valence-corrected chi connectivity index (χ1v) is 7.25. The maximum Gasteiger partial charge on any atom is 0.277 e. The van der Waals surface area contributed by atoms with Gasteiger partial charge in [0.05, 0.1) is 6.61 Å². The van der Waals surface area contributed by atoms with Gasteiger partial charge in [0.2, 0.25) is 5.95 Å². The van der Waals surface area contributed by atoms with Crippen molar-refractivity contribution in [2.45, 2.75) is 44.8 Å². The van der Waals surface area contributed by atoms with E-state index in [1.54, 1.807) is 0 Å². The molecule has 0 saturated carbocycles. The first kappa shape index (κ1) is 19.2. The van der Waals surface area contributed by atoms with Crippen LogP contribution in [0.5, 0.6) is 0 Å². The third kappa shape index (κ3) is 3.39. The van der Waals surface area contributed by atoms with Crippen LogP contribution >= 0.6 is 0 Å². The summed E-state index contributed by atoms with van der Waals surface area (Å²) in [7, 11) is 1.48. The molecular weight excluding hydrogens is 306 g/mol. The molecule has 4 unspecified atom stereocenters. The number of H-pyrrole nitrogens is 1. The topological polar surface area (TPSA) is 171 Å². The molecule has 8 N–H and O–H groups in total. The summed E-state index contributed by atoms with van der Waals surface area (Å²) in [6, 6.07) is 0. The number of hydrogen-bond acceptors (Lipinski definition) is 9. The zero-order valence-corrected chi connectivity index (χ0v) is 13.6. The highest BCUT2D eigenvalue weighted by Gasteiger charge is 2.54. The average molecular weight is 331 g/mol. The van der Waals surface area contributed by atoms with Crippen molar-refractivity contribution < 1.29 is 20.1 Å². The largest absolute Gasteiger partial charge is 0.394 e. The van der Waals surface area contributed by atoms with Gasteiger partial charge < -0.3 is 36.4 Å². The Kier molecular flexibility index (Phi) is 5.94. The minimum atomic E-state index is -1.70. The van der Waals surface area contributed by atoms with E-state index in [1.165, 1.54) is 18.9 Å². The Hall–Kier alpha value is -1.88. The van der Waals surface area contributed by atoms with Crippen LogP contribution in [0.2, 0.25) is 0 Å². The first-order chi connectivity index (χ1) is 10.7.